The Morgan fingerprint density at radius 2 is 1.92 bits per heavy atom. The number of hydrogen-bond donors (Lipinski definition) is 0. The highest BCUT2D eigenvalue weighted by Gasteiger charge is 2.00. The van der Waals surface area contributed by atoms with Crippen LogP contribution in [0.5, 0.6) is 0 Å². The highest BCUT2D eigenvalue weighted by atomic mass is 15.2. The molecule has 0 fully saturated rings. The first-order valence-corrected chi connectivity index (χ1v) is 3.23. The Morgan fingerprint density at radius 1 is 0.917 bits per heavy atom. The largest absolute Gasteiger partial charge is 0.232 e. The van der Waals surface area contributed by atoms with Gasteiger partial charge in [-0.3, -0.25) is 0 Å². The molecular formula is C6H4N6. The summed E-state index contributed by atoms with van der Waals surface area (Å²) < 4.78 is 0. The molecule has 0 aliphatic carbocycles. The molecule has 0 saturated carbocycles. The lowest BCUT2D eigenvalue weighted by Crippen LogP contribution is -1.94. The molecule has 0 aliphatic rings. The quantitative estimate of drug-likeness (QED) is 0.571. The van der Waals surface area contributed by atoms with E-state index in [1.807, 2.05) is 0 Å². The standard InChI is InChI=1S/C6H4N6/c1-2-9-12-6(7-1)5-3-10-11-4-8-5/h1-4H. The highest BCUT2D eigenvalue weighted by Crippen LogP contribution is 2.04. The van der Waals surface area contributed by atoms with Gasteiger partial charge < -0.3 is 0 Å². The van der Waals surface area contributed by atoms with Crippen molar-refractivity contribution in [3.63, 3.8) is 0 Å². The third kappa shape index (κ3) is 1.22. The van der Waals surface area contributed by atoms with E-state index in [0.717, 1.165) is 0 Å². The van der Waals surface area contributed by atoms with Crippen molar-refractivity contribution in [2.24, 2.45) is 0 Å². The molecule has 2 heterocycles. The first-order chi connectivity index (χ1) is 5.97. The molecule has 0 radical (unpaired) electrons. The van der Waals surface area contributed by atoms with Crippen molar-refractivity contribution in [2.75, 3.05) is 0 Å². The second kappa shape index (κ2) is 2.95. The summed E-state index contributed by atoms with van der Waals surface area (Å²) in [6, 6.07) is 0. The van der Waals surface area contributed by atoms with Crippen molar-refractivity contribution in [3.05, 3.63) is 24.9 Å². The summed E-state index contributed by atoms with van der Waals surface area (Å²) in [6.45, 7) is 0. The van der Waals surface area contributed by atoms with E-state index < -0.39 is 0 Å². The van der Waals surface area contributed by atoms with Crippen LogP contribution in [0.4, 0.5) is 0 Å². The Labute approximate surface area is 67.7 Å². The van der Waals surface area contributed by atoms with Gasteiger partial charge >= 0.3 is 0 Å². The van der Waals surface area contributed by atoms with E-state index in [2.05, 4.69) is 30.4 Å². The zero-order valence-electron chi connectivity index (χ0n) is 5.99. The lowest BCUT2D eigenvalue weighted by atomic mass is 10.4. The Hall–Kier alpha value is -1.98. The monoisotopic (exact) mass is 160 g/mol. The highest BCUT2D eigenvalue weighted by molar-refractivity contribution is 5.44. The first-order valence-electron chi connectivity index (χ1n) is 3.23. The van der Waals surface area contributed by atoms with Gasteiger partial charge in [-0.05, 0) is 0 Å². The van der Waals surface area contributed by atoms with Crippen molar-refractivity contribution in [1.29, 1.82) is 0 Å². The van der Waals surface area contributed by atoms with Crippen LogP contribution in [-0.4, -0.2) is 30.4 Å². The molecule has 0 atom stereocenters. The van der Waals surface area contributed by atoms with E-state index in [9.17, 15) is 0 Å². The van der Waals surface area contributed by atoms with E-state index in [1.165, 1.54) is 18.7 Å². The van der Waals surface area contributed by atoms with Gasteiger partial charge in [-0.2, -0.15) is 10.2 Å². The van der Waals surface area contributed by atoms with E-state index in [4.69, 9.17) is 0 Å². The molecule has 0 unspecified atom stereocenters. The Morgan fingerprint density at radius 3 is 2.58 bits per heavy atom. The van der Waals surface area contributed by atoms with Crippen molar-refractivity contribution in [1.82, 2.24) is 30.4 Å². The van der Waals surface area contributed by atoms with Gasteiger partial charge in [0.2, 0.25) is 5.82 Å². The van der Waals surface area contributed by atoms with Crippen molar-refractivity contribution < 1.29 is 0 Å². The minimum Gasteiger partial charge on any atom is -0.232 e. The molecule has 12 heavy (non-hydrogen) atoms. The maximum Gasteiger partial charge on any atom is 0.202 e. The van der Waals surface area contributed by atoms with Crippen molar-refractivity contribution in [3.8, 4) is 11.5 Å². The molecule has 0 spiro atoms. The Kier molecular flexibility index (Phi) is 1.65. The average molecular weight is 160 g/mol. The second-order valence-electron chi connectivity index (χ2n) is 1.96. The molecule has 2 aromatic rings. The maximum atomic E-state index is 3.95. The number of rotatable bonds is 1. The van der Waals surface area contributed by atoms with Crippen LogP contribution in [0.1, 0.15) is 0 Å². The molecular weight excluding hydrogens is 156 g/mol. The van der Waals surface area contributed by atoms with Gasteiger partial charge in [0.25, 0.3) is 0 Å². The summed E-state index contributed by atoms with van der Waals surface area (Å²) >= 11 is 0. The molecule has 0 saturated heterocycles. The van der Waals surface area contributed by atoms with Gasteiger partial charge in [0.1, 0.15) is 12.0 Å². The summed E-state index contributed by atoms with van der Waals surface area (Å²) in [4.78, 5) is 7.86. The van der Waals surface area contributed by atoms with Gasteiger partial charge in [-0.15, -0.1) is 10.2 Å². The number of hydrogen-bond acceptors (Lipinski definition) is 6. The van der Waals surface area contributed by atoms with Crippen LogP contribution in [0, 0.1) is 0 Å². The van der Waals surface area contributed by atoms with Crippen LogP contribution in [0.2, 0.25) is 0 Å². The van der Waals surface area contributed by atoms with Crippen LogP contribution in [0.25, 0.3) is 11.5 Å². The van der Waals surface area contributed by atoms with Crippen molar-refractivity contribution in [2.45, 2.75) is 0 Å². The van der Waals surface area contributed by atoms with Crippen LogP contribution in [-0.2, 0) is 0 Å². The maximum absolute atomic E-state index is 3.95. The third-order valence-electron chi connectivity index (χ3n) is 1.21. The normalized spacial score (nSPS) is 9.67. The summed E-state index contributed by atoms with van der Waals surface area (Å²) in [7, 11) is 0. The minimum atomic E-state index is 0.451. The molecule has 6 heteroatoms. The van der Waals surface area contributed by atoms with E-state index >= 15 is 0 Å². The molecule has 2 aromatic heterocycles. The lowest BCUT2D eigenvalue weighted by molar-refractivity contribution is 0.931. The van der Waals surface area contributed by atoms with E-state index in [1.54, 1.807) is 6.20 Å². The molecule has 0 N–H and O–H groups in total. The number of aromatic nitrogens is 6. The molecule has 58 valence electrons. The van der Waals surface area contributed by atoms with Crippen LogP contribution in [0.15, 0.2) is 24.9 Å². The second-order valence-corrected chi connectivity index (χ2v) is 1.96. The summed E-state index contributed by atoms with van der Waals surface area (Å²) in [5.41, 5.74) is 0.568. The van der Waals surface area contributed by atoms with Crippen LogP contribution in [0.3, 0.4) is 0 Å². The molecule has 0 amide bonds. The minimum absolute atomic E-state index is 0.451. The summed E-state index contributed by atoms with van der Waals surface area (Å²) in [5, 5.41) is 14.6. The van der Waals surface area contributed by atoms with Gasteiger partial charge in [0.05, 0.1) is 12.4 Å². The molecule has 0 aliphatic heterocycles. The van der Waals surface area contributed by atoms with E-state index in [-0.39, 0.29) is 0 Å². The fraction of sp³-hybridized carbons (Fsp3) is 0. The summed E-state index contributed by atoms with van der Waals surface area (Å²) in [5.74, 6) is 0.451. The molecule has 0 bridgehead atoms. The molecule has 6 nitrogen and oxygen atoms in total. The smallest absolute Gasteiger partial charge is 0.202 e. The first kappa shape index (κ1) is 6.71. The Bertz CT molecular complexity index is 309. The van der Waals surface area contributed by atoms with Gasteiger partial charge in [-0.1, -0.05) is 0 Å². The Balaban J connectivity index is 2.46. The summed E-state index contributed by atoms with van der Waals surface area (Å²) in [6.07, 6.45) is 5.87. The SMILES string of the molecule is c1cnc(-c2cnncn2)nn1. The molecule has 2 rings (SSSR count). The zero-order chi connectivity index (χ0) is 8.23. The fourth-order valence-corrected chi connectivity index (χ4v) is 0.720. The topological polar surface area (TPSA) is 77.3 Å². The lowest BCUT2D eigenvalue weighted by Gasteiger charge is -1.92. The molecule has 0 aromatic carbocycles. The zero-order valence-corrected chi connectivity index (χ0v) is 5.99. The fourth-order valence-electron chi connectivity index (χ4n) is 0.720. The van der Waals surface area contributed by atoms with Gasteiger partial charge in [0, 0.05) is 6.20 Å². The predicted molar refractivity (Wildman–Crippen MR) is 38.6 cm³/mol. The predicted octanol–water partition coefficient (Wildman–Crippen LogP) is -0.276. The van der Waals surface area contributed by atoms with Crippen LogP contribution < -0.4 is 0 Å². The number of nitrogens with zero attached hydrogens (tertiary/aromatic N) is 6. The average Bonchev–Trinajstić information content (AvgIpc) is 2.21. The van der Waals surface area contributed by atoms with Gasteiger partial charge in [-0.25, -0.2) is 9.97 Å². The van der Waals surface area contributed by atoms with Crippen molar-refractivity contribution >= 4 is 0 Å². The third-order valence-corrected chi connectivity index (χ3v) is 1.21. The van der Waals surface area contributed by atoms with Crippen LogP contribution >= 0.6 is 0 Å². The van der Waals surface area contributed by atoms with E-state index in [0.29, 0.717) is 11.5 Å². The van der Waals surface area contributed by atoms with Gasteiger partial charge in [0.15, 0.2) is 0 Å².